The van der Waals surface area contributed by atoms with Crippen LogP contribution in [0.3, 0.4) is 0 Å². The highest BCUT2D eigenvalue weighted by molar-refractivity contribution is 5.42. The third-order valence-corrected chi connectivity index (χ3v) is 3.85. The highest BCUT2D eigenvalue weighted by Crippen LogP contribution is 2.29. The second-order valence-electron chi connectivity index (χ2n) is 5.76. The van der Waals surface area contributed by atoms with Gasteiger partial charge in [-0.05, 0) is 47.2 Å². The molecule has 1 aromatic heterocycles. The van der Waals surface area contributed by atoms with Crippen LogP contribution in [0.4, 0.5) is 18.9 Å². The zero-order valence-electron chi connectivity index (χ0n) is 13.8. The fourth-order valence-electron chi connectivity index (χ4n) is 2.54. The van der Waals surface area contributed by atoms with E-state index in [-0.39, 0.29) is 17.9 Å². The summed E-state index contributed by atoms with van der Waals surface area (Å²) in [5.74, 6) is 0. The highest BCUT2D eigenvalue weighted by Gasteiger charge is 2.30. The van der Waals surface area contributed by atoms with E-state index >= 15 is 0 Å². The van der Waals surface area contributed by atoms with E-state index in [0.717, 1.165) is 21.5 Å². The van der Waals surface area contributed by atoms with Crippen LogP contribution in [0.1, 0.15) is 16.7 Å². The molecule has 0 aliphatic rings. The van der Waals surface area contributed by atoms with E-state index in [0.29, 0.717) is 11.1 Å². The van der Waals surface area contributed by atoms with Crippen LogP contribution < -0.4 is 5.69 Å². The van der Waals surface area contributed by atoms with E-state index in [9.17, 15) is 28.1 Å². The molecule has 0 N–H and O–H groups in total. The molecule has 2 aromatic carbocycles. The molecule has 27 heavy (non-hydrogen) atoms. The molecular formula is C16H12F3N5O3. The molecule has 0 aliphatic carbocycles. The van der Waals surface area contributed by atoms with Crippen molar-refractivity contribution in [1.29, 1.82) is 0 Å². The van der Waals surface area contributed by atoms with Crippen molar-refractivity contribution in [3.63, 3.8) is 0 Å². The summed E-state index contributed by atoms with van der Waals surface area (Å²) in [4.78, 5) is 22.7. The fourth-order valence-corrected chi connectivity index (χ4v) is 2.54. The van der Waals surface area contributed by atoms with E-state index in [1.54, 1.807) is 6.92 Å². The van der Waals surface area contributed by atoms with E-state index in [1.807, 2.05) is 0 Å². The largest absolute Gasteiger partial charge is 0.416 e. The number of alkyl halides is 3. The smallest absolute Gasteiger partial charge is 0.258 e. The number of hydrogen-bond donors (Lipinski definition) is 0. The Hall–Kier alpha value is -3.50. The van der Waals surface area contributed by atoms with Crippen molar-refractivity contribution in [2.45, 2.75) is 19.6 Å². The van der Waals surface area contributed by atoms with Gasteiger partial charge in [0.2, 0.25) is 0 Å². The zero-order valence-corrected chi connectivity index (χ0v) is 13.8. The average molecular weight is 379 g/mol. The molecule has 0 aliphatic heterocycles. The number of tetrazole rings is 1. The van der Waals surface area contributed by atoms with Crippen LogP contribution in [0, 0.1) is 17.0 Å². The maximum absolute atomic E-state index is 12.8. The molecule has 0 spiro atoms. The number of halogens is 3. The van der Waals surface area contributed by atoms with Crippen molar-refractivity contribution in [3.05, 3.63) is 79.8 Å². The quantitative estimate of drug-likeness (QED) is 0.513. The van der Waals surface area contributed by atoms with Gasteiger partial charge in [-0.1, -0.05) is 12.1 Å². The minimum absolute atomic E-state index is 0.0311. The number of benzene rings is 2. The summed E-state index contributed by atoms with van der Waals surface area (Å²) in [5, 5.41) is 18.1. The number of hydrogen-bond acceptors (Lipinski definition) is 5. The van der Waals surface area contributed by atoms with Crippen LogP contribution in [-0.2, 0) is 12.7 Å². The van der Waals surface area contributed by atoms with Crippen molar-refractivity contribution in [1.82, 2.24) is 19.8 Å². The number of aromatic nitrogens is 4. The Bertz CT molecular complexity index is 1070. The van der Waals surface area contributed by atoms with Gasteiger partial charge < -0.3 is 0 Å². The normalized spacial score (nSPS) is 11.6. The molecule has 140 valence electrons. The average Bonchev–Trinajstić information content (AvgIpc) is 2.95. The Labute approximate surface area is 149 Å². The summed E-state index contributed by atoms with van der Waals surface area (Å²) in [6, 6.07) is 8.49. The minimum Gasteiger partial charge on any atom is -0.258 e. The first kappa shape index (κ1) is 18.3. The van der Waals surface area contributed by atoms with E-state index in [2.05, 4.69) is 10.4 Å². The molecule has 0 radical (unpaired) electrons. The molecule has 3 aromatic rings. The molecule has 0 fully saturated rings. The number of nitrogens with zero attached hydrogens (tertiary/aromatic N) is 5. The standard InChI is InChI=1S/C16H12F3N5O3/c1-10-7-11(5-6-14(10)24(26)27)9-22-15(25)23(21-20-22)13-4-2-3-12(8-13)16(17,18)19/h2-8H,9H2,1H3. The second-order valence-corrected chi connectivity index (χ2v) is 5.76. The zero-order chi connectivity index (χ0) is 19.8. The lowest BCUT2D eigenvalue weighted by molar-refractivity contribution is -0.385. The summed E-state index contributed by atoms with van der Waals surface area (Å²) < 4.78 is 40.2. The van der Waals surface area contributed by atoms with Crippen molar-refractivity contribution in [2.75, 3.05) is 0 Å². The summed E-state index contributed by atoms with van der Waals surface area (Å²) in [5.41, 5.74) is -0.787. The maximum Gasteiger partial charge on any atom is 0.416 e. The van der Waals surface area contributed by atoms with Gasteiger partial charge in [-0.2, -0.15) is 22.5 Å². The minimum atomic E-state index is -4.55. The summed E-state index contributed by atoms with van der Waals surface area (Å²) in [6.07, 6.45) is -4.55. The first-order valence-electron chi connectivity index (χ1n) is 7.61. The molecular weight excluding hydrogens is 367 g/mol. The number of aryl methyl sites for hydroxylation is 1. The van der Waals surface area contributed by atoms with Gasteiger partial charge in [-0.15, -0.1) is 0 Å². The van der Waals surface area contributed by atoms with Crippen molar-refractivity contribution in [3.8, 4) is 5.69 Å². The summed E-state index contributed by atoms with van der Waals surface area (Å²) >= 11 is 0. The third-order valence-electron chi connectivity index (χ3n) is 3.85. The topological polar surface area (TPSA) is 95.8 Å². The molecule has 0 amide bonds. The monoisotopic (exact) mass is 379 g/mol. The Balaban J connectivity index is 1.92. The SMILES string of the molecule is Cc1cc(Cn2nnn(-c3cccc(C(F)(F)F)c3)c2=O)ccc1[N+](=O)[O-]. The van der Waals surface area contributed by atoms with E-state index in [4.69, 9.17) is 0 Å². The maximum atomic E-state index is 12.8. The van der Waals surface area contributed by atoms with E-state index < -0.39 is 22.4 Å². The predicted molar refractivity (Wildman–Crippen MR) is 87.6 cm³/mol. The first-order valence-corrected chi connectivity index (χ1v) is 7.61. The molecule has 11 heteroatoms. The van der Waals surface area contributed by atoms with Gasteiger partial charge in [0.1, 0.15) is 0 Å². The Morgan fingerprint density at radius 3 is 2.52 bits per heavy atom. The van der Waals surface area contributed by atoms with E-state index in [1.165, 1.54) is 30.3 Å². The molecule has 0 bridgehead atoms. The Kier molecular flexibility index (Phi) is 4.52. The van der Waals surface area contributed by atoms with Crippen LogP contribution in [0.15, 0.2) is 47.3 Å². The lowest BCUT2D eigenvalue weighted by Crippen LogP contribution is -2.25. The molecule has 0 unspecified atom stereocenters. The van der Waals surface area contributed by atoms with Gasteiger partial charge in [-0.25, -0.2) is 4.79 Å². The van der Waals surface area contributed by atoms with Crippen LogP contribution >= 0.6 is 0 Å². The van der Waals surface area contributed by atoms with Gasteiger partial charge in [0.15, 0.2) is 0 Å². The first-order chi connectivity index (χ1) is 12.7. The molecule has 0 saturated carbocycles. The second kappa shape index (κ2) is 6.67. The van der Waals surface area contributed by atoms with Gasteiger partial charge in [0, 0.05) is 11.6 Å². The molecule has 1 heterocycles. The van der Waals surface area contributed by atoms with Crippen molar-refractivity contribution < 1.29 is 18.1 Å². The molecule has 8 nitrogen and oxygen atoms in total. The van der Waals surface area contributed by atoms with Crippen molar-refractivity contribution in [2.24, 2.45) is 0 Å². The van der Waals surface area contributed by atoms with Gasteiger partial charge in [0.25, 0.3) is 5.69 Å². The van der Waals surface area contributed by atoms with Gasteiger partial charge in [0.05, 0.1) is 22.7 Å². The fraction of sp³-hybridized carbons (Fsp3) is 0.188. The number of nitro benzene ring substituents is 1. The summed E-state index contributed by atoms with van der Waals surface area (Å²) in [6.45, 7) is 1.53. The Morgan fingerprint density at radius 2 is 1.89 bits per heavy atom. The number of rotatable bonds is 4. The highest BCUT2D eigenvalue weighted by atomic mass is 19.4. The van der Waals surface area contributed by atoms with Gasteiger partial charge >= 0.3 is 11.9 Å². The van der Waals surface area contributed by atoms with Crippen LogP contribution in [-0.4, -0.2) is 24.7 Å². The molecule has 0 atom stereocenters. The lowest BCUT2D eigenvalue weighted by atomic mass is 10.1. The van der Waals surface area contributed by atoms with Crippen molar-refractivity contribution >= 4 is 5.69 Å². The van der Waals surface area contributed by atoms with Crippen LogP contribution in [0.25, 0.3) is 5.69 Å². The molecule has 3 rings (SSSR count). The van der Waals surface area contributed by atoms with Gasteiger partial charge in [-0.3, -0.25) is 10.1 Å². The van der Waals surface area contributed by atoms with Crippen LogP contribution in [0.2, 0.25) is 0 Å². The molecule has 0 saturated heterocycles. The predicted octanol–water partition coefficient (Wildman–Crippen LogP) is 2.71. The third kappa shape index (κ3) is 3.71. The summed E-state index contributed by atoms with van der Waals surface area (Å²) in [7, 11) is 0. The van der Waals surface area contributed by atoms with Crippen LogP contribution in [0.5, 0.6) is 0 Å². The Morgan fingerprint density at radius 1 is 1.15 bits per heavy atom. The number of nitro groups is 1. The lowest BCUT2D eigenvalue weighted by Gasteiger charge is -2.07.